The molecule has 4 nitrogen and oxygen atoms in total. The second-order valence-electron chi connectivity index (χ2n) is 6.10. The number of nitrogens with one attached hydrogen (secondary N) is 1. The molecule has 0 radical (unpaired) electrons. The van der Waals surface area contributed by atoms with Crippen LogP contribution < -0.4 is 5.32 Å². The first-order valence-electron chi connectivity index (χ1n) is 7.58. The SMILES string of the molecule is CC(C)Cc1ccc(C(O)CNCCC(=O)N(C)C)cc1. The number of carbonyl (C=O) groups is 1. The van der Waals surface area contributed by atoms with E-state index < -0.39 is 6.10 Å². The molecule has 0 fully saturated rings. The second-order valence-corrected chi connectivity index (χ2v) is 6.10. The maximum atomic E-state index is 11.4. The molecule has 21 heavy (non-hydrogen) atoms. The average molecular weight is 292 g/mol. The van der Waals surface area contributed by atoms with Crippen LogP contribution in [0.5, 0.6) is 0 Å². The third kappa shape index (κ3) is 6.74. The Hall–Kier alpha value is -1.39. The zero-order valence-corrected chi connectivity index (χ0v) is 13.6. The van der Waals surface area contributed by atoms with Gasteiger partial charge in [-0.1, -0.05) is 38.1 Å². The highest BCUT2D eigenvalue weighted by atomic mass is 16.3. The fourth-order valence-electron chi connectivity index (χ4n) is 2.12. The van der Waals surface area contributed by atoms with Gasteiger partial charge in [-0.2, -0.15) is 0 Å². The summed E-state index contributed by atoms with van der Waals surface area (Å²) in [6, 6.07) is 8.12. The summed E-state index contributed by atoms with van der Waals surface area (Å²) in [5.41, 5.74) is 2.21. The van der Waals surface area contributed by atoms with Crippen molar-refractivity contribution in [3.05, 3.63) is 35.4 Å². The molecule has 0 heterocycles. The summed E-state index contributed by atoms with van der Waals surface area (Å²) in [6.07, 6.45) is 0.974. The number of rotatable bonds is 8. The predicted molar refractivity (Wildman–Crippen MR) is 86.1 cm³/mol. The molecule has 0 aromatic heterocycles. The van der Waals surface area contributed by atoms with Crippen molar-refractivity contribution in [3.63, 3.8) is 0 Å². The highest BCUT2D eigenvalue weighted by Gasteiger charge is 2.08. The molecule has 1 rings (SSSR count). The third-order valence-corrected chi connectivity index (χ3v) is 3.36. The van der Waals surface area contributed by atoms with Gasteiger partial charge in [0.05, 0.1) is 6.10 Å². The Morgan fingerprint density at radius 1 is 1.24 bits per heavy atom. The number of hydrogen-bond donors (Lipinski definition) is 2. The molecule has 1 aromatic rings. The van der Waals surface area contributed by atoms with Gasteiger partial charge < -0.3 is 15.3 Å². The topological polar surface area (TPSA) is 52.6 Å². The fourth-order valence-corrected chi connectivity index (χ4v) is 2.12. The Bertz CT molecular complexity index is 427. The van der Waals surface area contributed by atoms with E-state index in [0.717, 1.165) is 12.0 Å². The Morgan fingerprint density at radius 2 is 1.86 bits per heavy atom. The molecular formula is C17H28N2O2. The van der Waals surface area contributed by atoms with E-state index >= 15 is 0 Å². The van der Waals surface area contributed by atoms with Gasteiger partial charge in [-0.05, 0) is 23.5 Å². The van der Waals surface area contributed by atoms with Crippen LogP contribution >= 0.6 is 0 Å². The van der Waals surface area contributed by atoms with E-state index in [0.29, 0.717) is 25.4 Å². The molecule has 1 aromatic carbocycles. The standard InChI is InChI=1S/C17H28N2O2/c1-13(2)11-14-5-7-15(8-6-14)16(20)12-18-10-9-17(21)19(3)4/h5-8,13,16,18,20H,9-12H2,1-4H3. The van der Waals surface area contributed by atoms with Crippen LogP contribution in [0.2, 0.25) is 0 Å². The molecule has 1 unspecified atom stereocenters. The largest absolute Gasteiger partial charge is 0.387 e. The summed E-state index contributed by atoms with van der Waals surface area (Å²) in [7, 11) is 3.49. The van der Waals surface area contributed by atoms with Gasteiger partial charge in [0.25, 0.3) is 0 Å². The molecule has 0 aliphatic rings. The van der Waals surface area contributed by atoms with Crippen molar-refractivity contribution in [2.75, 3.05) is 27.2 Å². The van der Waals surface area contributed by atoms with Crippen LogP contribution in [0.25, 0.3) is 0 Å². The highest BCUT2D eigenvalue weighted by molar-refractivity contribution is 5.75. The van der Waals surface area contributed by atoms with Crippen molar-refractivity contribution in [1.29, 1.82) is 0 Å². The minimum atomic E-state index is -0.535. The molecule has 0 saturated carbocycles. The lowest BCUT2D eigenvalue weighted by atomic mass is 10.0. The number of amides is 1. The Morgan fingerprint density at radius 3 is 2.38 bits per heavy atom. The molecule has 0 aliphatic heterocycles. The van der Waals surface area contributed by atoms with Crippen LogP contribution in [0.4, 0.5) is 0 Å². The number of hydrogen-bond acceptors (Lipinski definition) is 3. The van der Waals surface area contributed by atoms with Crippen LogP contribution in [-0.4, -0.2) is 43.1 Å². The molecule has 1 amide bonds. The van der Waals surface area contributed by atoms with Crippen LogP contribution in [0.3, 0.4) is 0 Å². The van der Waals surface area contributed by atoms with E-state index in [4.69, 9.17) is 0 Å². The first-order chi connectivity index (χ1) is 9.90. The minimum Gasteiger partial charge on any atom is -0.387 e. The lowest BCUT2D eigenvalue weighted by Gasteiger charge is -2.14. The molecular weight excluding hydrogens is 264 g/mol. The summed E-state index contributed by atoms with van der Waals surface area (Å²) in [5, 5.41) is 13.2. The third-order valence-electron chi connectivity index (χ3n) is 3.36. The minimum absolute atomic E-state index is 0.0926. The van der Waals surface area contributed by atoms with Crippen molar-refractivity contribution in [1.82, 2.24) is 10.2 Å². The van der Waals surface area contributed by atoms with Gasteiger partial charge in [0.15, 0.2) is 0 Å². The highest BCUT2D eigenvalue weighted by Crippen LogP contribution is 2.15. The normalized spacial score (nSPS) is 12.5. The van der Waals surface area contributed by atoms with Crippen LogP contribution in [-0.2, 0) is 11.2 Å². The van der Waals surface area contributed by atoms with E-state index in [-0.39, 0.29) is 5.91 Å². The van der Waals surface area contributed by atoms with Crippen molar-refractivity contribution < 1.29 is 9.90 Å². The van der Waals surface area contributed by atoms with Crippen molar-refractivity contribution >= 4 is 5.91 Å². The van der Waals surface area contributed by atoms with Crippen LogP contribution in [0.1, 0.15) is 37.5 Å². The first kappa shape index (κ1) is 17.7. The maximum absolute atomic E-state index is 11.4. The molecule has 0 spiro atoms. The summed E-state index contributed by atoms with van der Waals surface area (Å²) in [6.45, 7) is 5.44. The Labute approximate surface area is 128 Å². The molecule has 118 valence electrons. The lowest BCUT2D eigenvalue weighted by molar-refractivity contribution is -0.128. The summed E-state index contributed by atoms with van der Waals surface area (Å²) < 4.78 is 0. The second kappa shape index (κ2) is 8.80. The van der Waals surface area contributed by atoms with Gasteiger partial charge in [-0.15, -0.1) is 0 Å². The molecule has 1 atom stereocenters. The number of carbonyl (C=O) groups excluding carboxylic acids is 1. The molecule has 0 aliphatic carbocycles. The number of benzene rings is 1. The van der Waals surface area contributed by atoms with Gasteiger partial charge in [0.2, 0.25) is 5.91 Å². The van der Waals surface area contributed by atoms with E-state index in [1.54, 1.807) is 19.0 Å². The number of aliphatic hydroxyl groups is 1. The van der Waals surface area contributed by atoms with Gasteiger partial charge in [0.1, 0.15) is 0 Å². The Kier molecular flexibility index (Phi) is 7.40. The van der Waals surface area contributed by atoms with Gasteiger partial charge >= 0.3 is 0 Å². The van der Waals surface area contributed by atoms with Crippen LogP contribution in [0.15, 0.2) is 24.3 Å². The van der Waals surface area contributed by atoms with Gasteiger partial charge in [-0.25, -0.2) is 0 Å². The van der Waals surface area contributed by atoms with E-state index in [9.17, 15) is 9.90 Å². The van der Waals surface area contributed by atoms with E-state index in [1.165, 1.54) is 5.56 Å². The number of nitrogens with zero attached hydrogens (tertiary/aromatic N) is 1. The monoisotopic (exact) mass is 292 g/mol. The van der Waals surface area contributed by atoms with Crippen molar-refractivity contribution in [2.45, 2.75) is 32.8 Å². The predicted octanol–water partition coefficient (Wildman–Crippen LogP) is 1.99. The smallest absolute Gasteiger partial charge is 0.223 e. The van der Waals surface area contributed by atoms with E-state index in [2.05, 4.69) is 31.3 Å². The zero-order valence-electron chi connectivity index (χ0n) is 13.6. The average Bonchev–Trinajstić information content (AvgIpc) is 2.43. The number of aliphatic hydroxyl groups excluding tert-OH is 1. The van der Waals surface area contributed by atoms with Gasteiger partial charge in [-0.3, -0.25) is 4.79 Å². The molecule has 0 saturated heterocycles. The zero-order chi connectivity index (χ0) is 15.8. The Balaban J connectivity index is 2.35. The fraction of sp³-hybridized carbons (Fsp3) is 0.588. The maximum Gasteiger partial charge on any atom is 0.223 e. The molecule has 0 bridgehead atoms. The summed E-state index contributed by atoms with van der Waals surface area (Å²) in [5.74, 6) is 0.728. The van der Waals surface area contributed by atoms with Crippen molar-refractivity contribution in [3.8, 4) is 0 Å². The van der Waals surface area contributed by atoms with Crippen LogP contribution in [0, 0.1) is 5.92 Å². The first-order valence-corrected chi connectivity index (χ1v) is 7.58. The molecule has 4 heteroatoms. The summed E-state index contributed by atoms with van der Waals surface area (Å²) in [4.78, 5) is 13.0. The molecule has 2 N–H and O–H groups in total. The van der Waals surface area contributed by atoms with Gasteiger partial charge in [0, 0.05) is 33.6 Å². The van der Waals surface area contributed by atoms with E-state index in [1.807, 2.05) is 12.1 Å². The summed E-state index contributed by atoms with van der Waals surface area (Å²) >= 11 is 0. The quantitative estimate of drug-likeness (QED) is 0.721. The lowest BCUT2D eigenvalue weighted by Crippen LogP contribution is -2.28. The van der Waals surface area contributed by atoms with Crippen molar-refractivity contribution in [2.24, 2.45) is 5.92 Å².